The molecule has 0 bridgehead atoms. The van der Waals surface area contributed by atoms with Crippen molar-refractivity contribution in [3.8, 4) is 0 Å². The van der Waals surface area contributed by atoms with Crippen LogP contribution in [-0.4, -0.2) is 22.1 Å². The van der Waals surface area contributed by atoms with Gasteiger partial charge in [0.05, 0.1) is 11.0 Å². The lowest BCUT2D eigenvalue weighted by Crippen LogP contribution is -2.41. The van der Waals surface area contributed by atoms with Crippen molar-refractivity contribution in [2.75, 3.05) is 10.6 Å². The summed E-state index contributed by atoms with van der Waals surface area (Å²) in [6, 6.07) is 16.5. The third-order valence-electron chi connectivity index (χ3n) is 5.86. The highest BCUT2D eigenvalue weighted by Gasteiger charge is 2.26. The van der Waals surface area contributed by atoms with E-state index in [0.29, 0.717) is 22.1 Å². The van der Waals surface area contributed by atoms with E-state index < -0.39 is 0 Å². The molecular formula is C24H22Cl2N4. The first-order chi connectivity index (χ1) is 14.7. The molecule has 152 valence electrons. The van der Waals surface area contributed by atoms with Crippen LogP contribution >= 0.6 is 23.2 Å². The predicted molar refractivity (Wildman–Crippen MR) is 127 cm³/mol. The number of pyridine rings is 2. The van der Waals surface area contributed by atoms with Gasteiger partial charge in [-0.3, -0.25) is 9.97 Å². The molecule has 0 spiro atoms. The zero-order valence-corrected chi connectivity index (χ0v) is 17.9. The van der Waals surface area contributed by atoms with E-state index in [-0.39, 0.29) is 0 Å². The number of fused-ring (bicyclic) bond motifs is 2. The quantitative estimate of drug-likeness (QED) is 0.364. The Morgan fingerprint density at radius 2 is 1.13 bits per heavy atom. The second-order valence-electron chi connectivity index (χ2n) is 7.83. The molecule has 2 aromatic heterocycles. The van der Waals surface area contributed by atoms with Crippen LogP contribution in [0.1, 0.15) is 25.7 Å². The zero-order chi connectivity index (χ0) is 20.5. The highest BCUT2D eigenvalue weighted by atomic mass is 35.5. The molecule has 4 nitrogen and oxygen atoms in total. The molecule has 1 aliphatic carbocycles. The van der Waals surface area contributed by atoms with Crippen molar-refractivity contribution in [1.82, 2.24) is 9.97 Å². The minimum absolute atomic E-state index is 0.315. The molecule has 2 N–H and O–H groups in total. The lowest BCUT2D eigenvalue weighted by Gasteiger charge is -2.34. The van der Waals surface area contributed by atoms with Crippen LogP contribution in [0.25, 0.3) is 21.8 Å². The van der Waals surface area contributed by atoms with Crippen LogP contribution < -0.4 is 10.6 Å². The van der Waals surface area contributed by atoms with E-state index in [0.717, 1.165) is 46.0 Å². The van der Waals surface area contributed by atoms with Crippen molar-refractivity contribution in [3.05, 3.63) is 71.0 Å². The summed E-state index contributed by atoms with van der Waals surface area (Å²) >= 11 is 12.3. The lowest BCUT2D eigenvalue weighted by atomic mass is 9.89. The molecule has 0 saturated heterocycles. The molecule has 5 rings (SSSR count). The van der Waals surface area contributed by atoms with Crippen LogP contribution in [0.5, 0.6) is 0 Å². The van der Waals surface area contributed by atoms with Gasteiger partial charge in [0.15, 0.2) is 0 Å². The van der Waals surface area contributed by atoms with E-state index in [2.05, 4.69) is 20.6 Å². The van der Waals surface area contributed by atoms with E-state index >= 15 is 0 Å². The number of hydrogen-bond acceptors (Lipinski definition) is 4. The Balaban J connectivity index is 1.44. The maximum absolute atomic E-state index is 6.15. The van der Waals surface area contributed by atoms with Crippen LogP contribution in [-0.2, 0) is 0 Å². The van der Waals surface area contributed by atoms with E-state index in [4.69, 9.17) is 23.2 Å². The topological polar surface area (TPSA) is 49.8 Å². The van der Waals surface area contributed by atoms with Gasteiger partial charge in [-0.25, -0.2) is 0 Å². The minimum atomic E-state index is 0.315. The van der Waals surface area contributed by atoms with Gasteiger partial charge >= 0.3 is 0 Å². The van der Waals surface area contributed by atoms with Crippen LogP contribution in [0.2, 0.25) is 10.0 Å². The Morgan fingerprint density at radius 3 is 1.60 bits per heavy atom. The Bertz CT molecular complexity index is 1120. The average Bonchev–Trinajstić information content (AvgIpc) is 2.75. The van der Waals surface area contributed by atoms with Gasteiger partial charge in [0.2, 0.25) is 0 Å². The van der Waals surface area contributed by atoms with Gasteiger partial charge in [0.1, 0.15) is 0 Å². The SMILES string of the molecule is Clc1ccc2c(N[C@H]3CCCC[C@@H]3Nc3ccnc4cc(Cl)ccc34)ccnc2c1. The largest absolute Gasteiger partial charge is 0.380 e. The van der Waals surface area contributed by atoms with Gasteiger partial charge in [0, 0.05) is 56.7 Å². The molecule has 4 aromatic rings. The molecule has 2 atom stereocenters. The summed E-state index contributed by atoms with van der Waals surface area (Å²) in [5, 5.41) is 11.2. The molecule has 0 unspecified atom stereocenters. The standard InChI is InChI=1S/C24H22Cl2N4/c25-15-5-7-17-19(9-11-27-23(17)13-15)29-21-3-1-2-4-22(21)30-20-10-12-28-24-14-16(26)6-8-18(20)24/h5-14,21-22H,1-4H2,(H,27,29)(H,28,30)/t21-,22-/m0/s1. The fourth-order valence-electron chi connectivity index (χ4n) is 4.37. The first-order valence-electron chi connectivity index (χ1n) is 10.3. The second-order valence-corrected chi connectivity index (χ2v) is 8.70. The van der Waals surface area contributed by atoms with Crippen molar-refractivity contribution in [3.63, 3.8) is 0 Å². The summed E-state index contributed by atoms with van der Waals surface area (Å²) in [5.74, 6) is 0. The summed E-state index contributed by atoms with van der Waals surface area (Å²) in [4.78, 5) is 8.93. The van der Waals surface area contributed by atoms with Crippen molar-refractivity contribution < 1.29 is 0 Å². The Morgan fingerprint density at radius 1 is 0.667 bits per heavy atom. The van der Waals surface area contributed by atoms with Gasteiger partial charge in [-0.15, -0.1) is 0 Å². The summed E-state index contributed by atoms with van der Waals surface area (Å²) in [7, 11) is 0. The maximum Gasteiger partial charge on any atom is 0.0737 e. The molecule has 0 amide bonds. The smallest absolute Gasteiger partial charge is 0.0737 e. The van der Waals surface area contributed by atoms with Gasteiger partial charge in [-0.2, -0.15) is 0 Å². The Hall–Kier alpha value is -2.56. The first-order valence-corrected chi connectivity index (χ1v) is 11.0. The van der Waals surface area contributed by atoms with E-state index in [9.17, 15) is 0 Å². The maximum atomic E-state index is 6.15. The Kier molecular flexibility index (Phi) is 5.36. The molecule has 1 saturated carbocycles. The third kappa shape index (κ3) is 3.90. The fraction of sp³-hybridized carbons (Fsp3) is 0.250. The van der Waals surface area contributed by atoms with Crippen LogP contribution in [0.4, 0.5) is 11.4 Å². The number of aromatic nitrogens is 2. The number of benzene rings is 2. The van der Waals surface area contributed by atoms with Gasteiger partial charge in [-0.1, -0.05) is 36.0 Å². The normalized spacial score (nSPS) is 19.1. The van der Waals surface area contributed by atoms with Gasteiger partial charge < -0.3 is 10.6 Å². The number of anilines is 2. The van der Waals surface area contributed by atoms with Gasteiger partial charge in [-0.05, 0) is 61.4 Å². The molecule has 1 fully saturated rings. The van der Waals surface area contributed by atoms with E-state index in [1.807, 2.05) is 60.9 Å². The average molecular weight is 437 g/mol. The predicted octanol–water partition coefficient (Wildman–Crippen LogP) is 6.93. The highest BCUT2D eigenvalue weighted by molar-refractivity contribution is 6.31. The van der Waals surface area contributed by atoms with Crippen molar-refractivity contribution >= 4 is 56.4 Å². The van der Waals surface area contributed by atoms with Crippen molar-refractivity contribution in [2.24, 2.45) is 0 Å². The molecule has 2 heterocycles. The molecule has 0 radical (unpaired) electrons. The molecule has 6 heteroatoms. The first kappa shape index (κ1) is 19.4. The molecule has 1 aliphatic rings. The summed E-state index contributed by atoms with van der Waals surface area (Å²) in [5.41, 5.74) is 4.01. The monoisotopic (exact) mass is 436 g/mol. The summed E-state index contributed by atoms with van der Waals surface area (Å²) in [6.07, 6.45) is 8.35. The minimum Gasteiger partial charge on any atom is -0.380 e. The second kappa shape index (κ2) is 8.29. The van der Waals surface area contributed by atoms with E-state index in [1.165, 1.54) is 12.8 Å². The highest BCUT2D eigenvalue weighted by Crippen LogP contribution is 2.31. The Labute approximate surface area is 185 Å². The number of nitrogens with zero attached hydrogens (tertiary/aromatic N) is 2. The van der Waals surface area contributed by atoms with Crippen molar-refractivity contribution in [1.29, 1.82) is 0 Å². The molecule has 2 aromatic carbocycles. The van der Waals surface area contributed by atoms with Crippen LogP contribution in [0.15, 0.2) is 60.9 Å². The number of nitrogens with one attached hydrogen (secondary N) is 2. The molecular weight excluding hydrogens is 415 g/mol. The summed E-state index contributed by atoms with van der Waals surface area (Å²) in [6.45, 7) is 0. The van der Waals surface area contributed by atoms with Crippen molar-refractivity contribution in [2.45, 2.75) is 37.8 Å². The van der Waals surface area contributed by atoms with Crippen LogP contribution in [0, 0.1) is 0 Å². The molecule has 0 aliphatic heterocycles. The fourth-order valence-corrected chi connectivity index (χ4v) is 4.70. The van der Waals surface area contributed by atoms with E-state index in [1.54, 1.807) is 0 Å². The lowest BCUT2D eigenvalue weighted by molar-refractivity contribution is 0.424. The number of hydrogen-bond donors (Lipinski definition) is 2. The molecule has 30 heavy (non-hydrogen) atoms. The number of halogens is 2. The number of rotatable bonds is 4. The van der Waals surface area contributed by atoms with Gasteiger partial charge in [0.25, 0.3) is 0 Å². The van der Waals surface area contributed by atoms with Crippen LogP contribution in [0.3, 0.4) is 0 Å². The third-order valence-corrected chi connectivity index (χ3v) is 6.33. The summed E-state index contributed by atoms with van der Waals surface area (Å²) < 4.78 is 0. The zero-order valence-electron chi connectivity index (χ0n) is 16.4.